The lowest BCUT2D eigenvalue weighted by atomic mass is 10.0. The van der Waals surface area contributed by atoms with E-state index in [1.807, 2.05) is 0 Å². The molecule has 0 saturated heterocycles. The van der Waals surface area contributed by atoms with Crippen molar-refractivity contribution in [1.82, 2.24) is 0 Å². The predicted molar refractivity (Wildman–Crippen MR) is 57.3 cm³/mol. The Morgan fingerprint density at radius 3 is 2.76 bits per heavy atom. The molecule has 0 atom stereocenters. The SMILES string of the molecule is COc1ccc2c(c1)CC=C2C(F)(F)C(=O)O. The zero-order chi connectivity index (χ0) is 12.6. The Balaban J connectivity index is 2.43. The molecule has 1 N–H and O–H groups in total. The molecule has 1 aromatic carbocycles. The number of carbonyl (C=O) groups is 1. The van der Waals surface area contributed by atoms with Crippen molar-refractivity contribution in [3.05, 3.63) is 35.4 Å². The summed E-state index contributed by atoms with van der Waals surface area (Å²) in [6.45, 7) is 0. The van der Waals surface area contributed by atoms with Crippen LogP contribution in [-0.4, -0.2) is 24.1 Å². The maximum Gasteiger partial charge on any atom is 0.379 e. The van der Waals surface area contributed by atoms with Crippen molar-refractivity contribution < 1.29 is 23.4 Å². The molecule has 1 aliphatic carbocycles. The Kier molecular flexibility index (Phi) is 2.61. The van der Waals surface area contributed by atoms with E-state index in [-0.39, 0.29) is 5.56 Å². The fourth-order valence-electron chi connectivity index (χ4n) is 1.86. The first-order chi connectivity index (χ1) is 7.96. The molecule has 0 spiro atoms. The third-order valence-corrected chi connectivity index (χ3v) is 2.74. The molecule has 1 aromatic rings. The number of methoxy groups -OCH3 is 1. The van der Waals surface area contributed by atoms with Gasteiger partial charge in [-0.05, 0) is 29.7 Å². The van der Waals surface area contributed by atoms with Gasteiger partial charge in [-0.2, -0.15) is 8.78 Å². The van der Waals surface area contributed by atoms with Gasteiger partial charge in [-0.25, -0.2) is 4.79 Å². The molecule has 0 unspecified atom stereocenters. The normalized spacial score (nSPS) is 14.2. The minimum atomic E-state index is -3.85. The lowest BCUT2D eigenvalue weighted by Gasteiger charge is -2.14. The minimum Gasteiger partial charge on any atom is -0.497 e. The molecule has 0 heterocycles. The summed E-state index contributed by atoms with van der Waals surface area (Å²) in [6, 6.07) is 4.64. The fourth-order valence-corrected chi connectivity index (χ4v) is 1.86. The number of alkyl halides is 2. The van der Waals surface area contributed by atoms with Crippen LogP contribution >= 0.6 is 0 Å². The number of allylic oxidation sites excluding steroid dienone is 1. The van der Waals surface area contributed by atoms with Gasteiger partial charge >= 0.3 is 11.9 Å². The van der Waals surface area contributed by atoms with E-state index in [4.69, 9.17) is 9.84 Å². The highest BCUT2D eigenvalue weighted by Gasteiger charge is 2.45. The summed E-state index contributed by atoms with van der Waals surface area (Å²) in [5, 5.41) is 8.51. The van der Waals surface area contributed by atoms with E-state index in [1.54, 1.807) is 6.07 Å². The number of ether oxygens (including phenoxy) is 1. The molecule has 0 bridgehead atoms. The van der Waals surface area contributed by atoms with E-state index < -0.39 is 17.5 Å². The van der Waals surface area contributed by atoms with Crippen molar-refractivity contribution in [2.45, 2.75) is 12.3 Å². The van der Waals surface area contributed by atoms with Gasteiger partial charge in [-0.15, -0.1) is 0 Å². The first kappa shape index (κ1) is 11.6. The molecule has 5 heteroatoms. The zero-order valence-corrected chi connectivity index (χ0v) is 9.04. The summed E-state index contributed by atoms with van der Waals surface area (Å²) in [7, 11) is 1.48. The predicted octanol–water partition coefficient (Wildman–Crippen LogP) is 2.35. The van der Waals surface area contributed by atoms with Crippen LogP contribution < -0.4 is 4.74 Å². The smallest absolute Gasteiger partial charge is 0.379 e. The molecule has 90 valence electrons. The Hall–Kier alpha value is -1.91. The Morgan fingerprint density at radius 1 is 1.47 bits per heavy atom. The van der Waals surface area contributed by atoms with Crippen molar-refractivity contribution in [1.29, 1.82) is 0 Å². The monoisotopic (exact) mass is 240 g/mol. The van der Waals surface area contributed by atoms with Gasteiger partial charge in [0.2, 0.25) is 0 Å². The summed E-state index contributed by atoms with van der Waals surface area (Å²) < 4.78 is 31.8. The quantitative estimate of drug-likeness (QED) is 0.882. The number of fused-ring (bicyclic) bond motifs is 1. The van der Waals surface area contributed by atoms with Crippen LogP contribution in [0.1, 0.15) is 11.1 Å². The first-order valence-corrected chi connectivity index (χ1v) is 4.96. The highest BCUT2D eigenvalue weighted by atomic mass is 19.3. The molecule has 0 amide bonds. The molecule has 2 rings (SSSR count). The molecule has 0 saturated carbocycles. The van der Waals surface area contributed by atoms with Gasteiger partial charge < -0.3 is 9.84 Å². The third-order valence-electron chi connectivity index (χ3n) is 2.74. The van der Waals surface area contributed by atoms with Crippen LogP contribution in [0.25, 0.3) is 5.57 Å². The van der Waals surface area contributed by atoms with Crippen LogP contribution in [0, 0.1) is 0 Å². The molecule has 0 aromatic heterocycles. The minimum absolute atomic E-state index is 0.276. The molecular weight excluding hydrogens is 230 g/mol. The second kappa shape index (κ2) is 3.84. The standard InChI is InChI=1S/C12H10F2O3/c1-17-8-3-4-9-7(6-8)2-5-10(9)12(13,14)11(15)16/h3-6H,2H2,1H3,(H,15,16). The molecule has 3 nitrogen and oxygen atoms in total. The molecule has 0 fully saturated rings. The maximum absolute atomic E-state index is 13.4. The number of carboxylic acid groups (broad SMARTS) is 1. The number of halogens is 2. The number of aliphatic carboxylic acids is 1. The molecule has 17 heavy (non-hydrogen) atoms. The van der Waals surface area contributed by atoms with Crippen molar-refractivity contribution in [3.8, 4) is 5.75 Å². The van der Waals surface area contributed by atoms with Crippen LogP contribution in [0.15, 0.2) is 24.3 Å². The number of carboxylic acids is 1. The van der Waals surface area contributed by atoms with Crippen LogP contribution in [0.5, 0.6) is 5.75 Å². The average Bonchev–Trinajstić information content (AvgIpc) is 2.71. The van der Waals surface area contributed by atoms with Crippen molar-refractivity contribution in [3.63, 3.8) is 0 Å². The van der Waals surface area contributed by atoms with E-state index >= 15 is 0 Å². The Morgan fingerprint density at radius 2 is 2.18 bits per heavy atom. The topological polar surface area (TPSA) is 46.5 Å². The van der Waals surface area contributed by atoms with Crippen LogP contribution in [0.4, 0.5) is 8.78 Å². The lowest BCUT2D eigenvalue weighted by Crippen LogP contribution is -2.29. The van der Waals surface area contributed by atoms with E-state index in [1.165, 1.54) is 25.3 Å². The van der Waals surface area contributed by atoms with Gasteiger partial charge in [0.15, 0.2) is 0 Å². The summed E-state index contributed by atoms with van der Waals surface area (Å²) in [4.78, 5) is 10.5. The molecule has 0 aliphatic heterocycles. The third kappa shape index (κ3) is 1.77. The van der Waals surface area contributed by atoms with E-state index in [9.17, 15) is 13.6 Å². The Labute approximate surface area is 96.3 Å². The van der Waals surface area contributed by atoms with Gasteiger partial charge in [0.25, 0.3) is 0 Å². The number of hydrogen-bond acceptors (Lipinski definition) is 2. The fraction of sp³-hybridized carbons (Fsp3) is 0.250. The second-order valence-electron chi connectivity index (χ2n) is 3.72. The van der Waals surface area contributed by atoms with Gasteiger partial charge in [0.1, 0.15) is 5.75 Å². The van der Waals surface area contributed by atoms with Crippen molar-refractivity contribution in [2.24, 2.45) is 0 Å². The summed E-state index contributed by atoms with van der Waals surface area (Å²) in [6.07, 6.45) is 1.54. The van der Waals surface area contributed by atoms with Crippen molar-refractivity contribution >= 4 is 11.5 Å². The summed E-state index contributed by atoms with van der Waals surface area (Å²) >= 11 is 0. The van der Waals surface area contributed by atoms with Crippen molar-refractivity contribution in [2.75, 3.05) is 7.11 Å². The second-order valence-corrected chi connectivity index (χ2v) is 3.72. The molecule has 0 radical (unpaired) electrons. The van der Waals surface area contributed by atoms with Gasteiger partial charge in [-0.1, -0.05) is 12.1 Å². The Bertz CT molecular complexity index is 506. The van der Waals surface area contributed by atoms with Gasteiger partial charge in [0.05, 0.1) is 7.11 Å². The summed E-state index contributed by atoms with van der Waals surface area (Å²) in [5.74, 6) is -5.41. The van der Waals surface area contributed by atoms with Gasteiger partial charge in [0, 0.05) is 5.57 Å². The molecule has 1 aliphatic rings. The number of rotatable bonds is 3. The van der Waals surface area contributed by atoms with E-state index in [0.29, 0.717) is 17.7 Å². The van der Waals surface area contributed by atoms with Crippen LogP contribution in [0.3, 0.4) is 0 Å². The summed E-state index contributed by atoms with van der Waals surface area (Å²) in [5.41, 5.74) is 0.487. The maximum atomic E-state index is 13.4. The lowest BCUT2D eigenvalue weighted by molar-refractivity contribution is -0.156. The highest BCUT2D eigenvalue weighted by molar-refractivity contribution is 5.95. The first-order valence-electron chi connectivity index (χ1n) is 4.96. The van der Waals surface area contributed by atoms with Crippen LogP contribution in [0.2, 0.25) is 0 Å². The zero-order valence-electron chi connectivity index (χ0n) is 9.04. The number of hydrogen-bond donors (Lipinski definition) is 1. The highest BCUT2D eigenvalue weighted by Crippen LogP contribution is 2.40. The average molecular weight is 240 g/mol. The van der Waals surface area contributed by atoms with E-state index in [2.05, 4.69) is 0 Å². The molecular formula is C12H10F2O3. The largest absolute Gasteiger partial charge is 0.497 e. The van der Waals surface area contributed by atoms with Crippen LogP contribution in [-0.2, 0) is 11.2 Å². The van der Waals surface area contributed by atoms with Gasteiger partial charge in [-0.3, -0.25) is 0 Å². The number of benzene rings is 1. The van der Waals surface area contributed by atoms with E-state index in [0.717, 1.165) is 0 Å².